The van der Waals surface area contributed by atoms with Crippen molar-refractivity contribution in [3.63, 3.8) is 0 Å². The summed E-state index contributed by atoms with van der Waals surface area (Å²) >= 11 is 0. The maximum Gasteiger partial charge on any atom is 0.418 e. The summed E-state index contributed by atoms with van der Waals surface area (Å²) in [5, 5.41) is 0. The van der Waals surface area contributed by atoms with E-state index in [0.29, 0.717) is 0 Å². The Balaban J connectivity index is 2.26. The average Bonchev–Trinajstić information content (AvgIpc) is 2.69. The van der Waals surface area contributed by atoms with Gasteiger partial charge >= 0.3 is 6.18 Å². The van der Waals surface area contributed by atoms with E-state index in [1.54, 1.807) is 12.3 Å². The van der Waals surface area contributed by atoms with Gasteiger partial charge in [0.05, 0.1) is 5.56 Å². The van der Waals surface area contributed by atoms with Gasteiger partial charge in [0.1, 0.15) is 0 Å². The fourth-order valence-corrected chi connectivity index (χ4v) is 1.72. The van der Waals surface area contributed by atoms with Crippen LogP contribution in [0, 0.1) is 6.92 Å². The summed E-state index contributed by atoms with van der Waals surface area (Å²) < 4.78 is 39.2. The Morgan fingerprint density at radius 2 is 1.72 bits per heavy atom. The van der Waals surface area contributed by atoms with Crippen LogP contribution in [0.2, 0.25) is 0 Å². The van der Waals surface area contributed by atoms with Gasteiger partial charge in [-0.15, -0.1) is 0 Å². The van der Waals surface area contributed by atoms with Gasteiger partial charge in [-0.25, -0.2) is 0 Å². The molecule has 0 saturated carbocycles. The Kier molecular flexibility index (Phi) is 3.28. The molecule has 0 fully saturated rings. The van der Waals surface area contributed by atoms with E-state index in [4.69, 9.17) is 0 Å². The molecule has 0 aliphatic carbocycles. The number of nitrogens with zero attached hydrogens (tertiary/aromatic N) is 1. The lowest BCUT2D eigenvalue weighted by Crippen LogP contribution is -2.06. The van der Waals surface area contributed by atoms with Gasteiger partial charge in [0.25, 0.3) is 0 Å². The van der Waals surface area contributed by atoms with Crippen LogP contribution in [0.15, 0.2) is 42.6 Å². The van der Waals surface area contributed by atoms with Gasteiger partial charge in [-0.2, -0.15) is 13.2 Å². The molecule has 1 aromatic carbocycles. The molecule has 4 heteroatoms. The van der Waals surface area contributed by atoms with Gasteiger partial charge < -0.3 is 4.57 Å². The fraction of sp³-hybridized carbons (Fsp3) is 0.143. The SMILES string of the molecule is Cc1c(C(F)(F)F)ccn1/C=C/c1ccccc1. The Morgan fingerprint density at radius 3 is 2.28 bits per heavy atom. The van der Waals surface area contributed by atoms with Crippen molar-refractivity contribution in [2.24, 2.45) is 0 Å². The topological polar surface area (TPSA) is 4.93 Å². The number of rotatable bonds is 2. The number of hydrogen-bond acceptors (Lipinski definition) is 0. The normalized spacial score (nSPS) is 12.2. The predicted octanol–water partition coefficient (Wildman–Crippen LogP) is 4.44. The van der Waals surface area contributed by atoms with Gasteiger partial charge in [-0.1, -0.05) is 30.3 Å². The van der Waals surface area contributed by atoms with Gasteiger partial charge in [0, 0.05) is 18.1 Å². The summed E-state index contributed by atoms with van der Waals surface area (Å²) in [6, 6.07) is 10.5. The Morgan fingerprint density at radius 1 is 1.06 bits per heavy atom. The number of benzene rings is 1. The van der Waals surface area contributed by atoms with E-state index in [9.17, 15) is 13.2 Å². The summed E-state index contributed by atoms with van der Waals surface area (Å²) in [6.07, 6.45) is 0.514. The molecule has 0 bridgehead atoms. The standard InChI is InChI=1S/C14H12F3N/c1-11-13(14(15,16)17)8-10-18(11)9-7-12-5-3-2-4-6-12/h2-10H,1H3/b9-7+. The molecule has 0 radical (unpaired) electrons. The van der Waals surface area contributed by atoms with Gasteiger partial charge in [-0.3, -0.25) is 0 Å². The molecule has 0 atom stereocenters. The zero-order valence-corrected chi connectivity index (χ0v) is 9.78. The van der Waals surface area contributed by atoms with Crippen molar-refractivity contribution in [1.82, 2.24) is 4.57 Å². The van der Waals surface area contributed by atoms with E-state index in [-0.39, 0.29) is 5.69 Å². The van der Waals surface area contributed by atoms with E-state index in [0.717, 1.165) is 11.6 Å². The summed E-state index contributed by atoms with van der Waals surface area (Å²) in [4.78, 5) is 0. The molecule has 94 valence electrons. The molecule has 0 spiro atoms. The number of alkyl halides is 3. The van der Waals surface area contributed by atoms with Crippen molar-refractivity contribution < 1.29 is 13.2 Å². The van der Waals surface area contributed by atoms with Crippen LogP contribution in [-0.2, 0) is 6.18 Å². The molecule has 0 unspecified atom stereocenters. The largest absolute Gasteiger partial charge is 0.418 e. The summed E-state index contributed by atoms with van der Waals surface area (Å²) in [7, 11) is 0. The molecule has 18 heavy (non-hydrogen) atoms. The van der Waals surface area contributed by atoms with E-state index in [1.807, 2.05) is 30.3 Å². The zero-order chi connectivity index (χ0) is 13.2. The molecule has 1 nitrogen and oxygen atoms in total. The first-order valence-electron chi connectivity index (χ1n) is 5.46. The van der Waals surface area contributed by atoms with Crippen molar-refractivity contribution in [2.75, 3.05) is 0 Å². The molecule has 1 aromatic heterocycles. The van der Waals surface area contributed by atoms with Crippen LogP contribution in [0.1, 0.15) is 16.8 Å². The lowest BCUT2D eigenvalue weighted by Gasteiger charge is -2.06. The van der Waals surface area contributed by atoms with Gasteiger partial charge in [-0.05, 0) is 24.6 Å². The van der Waals surface area contributed by atoms with Crippen LogP contribution in [0.5, 0.6) is 0 Å². The van der Waals surface area contributed by atoms with Crippen molar-refractivity contribution in [1.29, 1.82) is 0 Å². The van der Waals surface area contributed by atoms with Crippen LogP contribution in [0.25, 0.3) is 12.3 Å². The van der Waals surface area contributed by atoms with Crippen LogP contribution in [-0.4, -0.2) is 4.57 Å². The van der Waals surface area contributed by atoms with Crippen molar-refractivity contribution in [2.45, 2.75) is 13.1 Å². The zero-order valence-electron chi connectivity index (χ0n) is 9.78. The second-order valence-electron chi connectivity index (χ2n) is 3.95. The molecule has 2 rings (SSSR count). The van der Waals surface area contributed by atoms with Gasteiger partial charge in [0.2, 0.25) is 0 Å². The molecule has 0 saturated heterocycles. The smallest absolute Gasteiger partial charge is 0.327 e. The van der Waals surface area contributed by atoms with Crippen LogP contribution < -0.4 is 0 Å². The first-order valence-corrected chi connectivity index (χ1v) is 5.46. The van der Waals surface area contributed by atoms with Crippen LogP contribution in [0.3, 0.4) is 0 Å². The first kappa shape index (κ1) is 12.5. The lowest BCUT2D eigenvalue weighted by atomic mass is 10.2. The lowest BCUT2D eigenvalue weighted by molar-refractivity contribution is -0.138. The second kappa shape index (κ2) is 4.72. The Bertz CT molecular complexity index is 550. The summed E-state index contributed by atoms with van der Waals surface area (Å²) in [5.41, 5.74) is 0.536. The van der Waals surface area contributed by atoms with Crippen molar-refractivity contribution in [3.8, 4) is 0 Å². The van der Waals surface area contributed by atoms with Crippen molar-refractivity contribution in [3.05, 3.63) is 59.4 Å². The Labute approximate surface area is 103 Å². The minimum Gasteiger partial charge on any atom is -0.327 e. The quantitative estimate of drug-likeness (QED) is 0.743. The minimum absolute atomic E-state index is 0.190. The molecule has 1 heterocycles. The highest BCUT2D eigenvalue weighted by Crippen LogP contribution is 2.32. The minimum atomic E-state index is -4.30. The van der Waals surface area contributed by atoms with E-state index in [2.05, 4.69) is 0 Å². The van der Waals surface area contributed by atoms with Crippen LogP contribution >= 0.6 is 0 Å². The maximum atomic E-state index is 12.6. The highest BCUT2D eigenvalue weighted by atomic mass is 19.4. The van der Waals surface area contributed by atoms with Crippen LogP contribution in [0.4, 0.5) is 13.2 Å². The fourth-order valence-electron chi connectivity index (χ4n) is 1.72. The maximum absolute atomic E-state index is 12.6. The molecular weight excluding hydrogens is 239 g/mol. The molecule has 0 N–H and O–H groups in total. The third-order valence-electron chi connectivity index (χ3n) is 2.71. The molecular formula is C14H12F3N. The van der Waals surface area contributed by atoms with Crippen molar-refractivity contribution >= 4 is 12.3 Å². The second-order valence-corrected chi connectivity index (χ2v) is 3.95. The van der Waals surface area contributed by atoms with Gasteiger partial charge in [0.15, 0.2) is 0 Å². The molecule has 2 aromatic rings. The number of aromatic nitrogens is 1. The third-order valence-corrected chi connectivity index (χ3v) is 2.71. The highest BCUT2D eigenvalue weighted by molar-refractivity contribution is 5.61. The molecule has 0 aliphatic rings. The third kappa shape index (κ3) is 2.64. The Hall–Kier alpha value is -1.97. The van der Waals surface area contributed by atoms with E-state index < -0.39 is 11.7 Å². The predicted molar refractivity (Wildman–Crippen MR) is 65.8 cm³/mol. The first-order chi connectivity index (χ1) is 8.48. The number of hydrogen-bond donors (Lipinski definition) is 0. The number of halogens is 3. The highest BCUT2D eigenvalue weighted by Gasteiger charge is 2.33. The summed E-state index contributed by atoms with van der Waals surface area (Å²) in [6.45, 7) is 1.46. The monoisotopic (exact) mass is 251 g/mol. The van der Waals surface area contributed by atoms with E-state index in [1.165, 1.54) is 17.7 Å². The molecule has 0 amide bonds. The summed E-state index contributed by atoms with van der Waals surface area (Å²) in [5.74, 6) is 0. The van der Waals surface area contributed by atoms with E-state index >= 15 is 0 Å². The molecule has 0 aliphatic heterocycles. The average molecular weight is 251 g/mol.